The molecular weight excluding hydrogens is 306 g/mol. The van der Waals surface area contributed by atoms with Crippen molar-refractivity contribution in [3.05, 3.63) is 76.3 Å². The molecule has 0 amide bonds. The number of aryl methyl sites for hydroxylation is 3. The first kappa shape index (κ1) is 15.4. The third-order valence-electron chi connectivity index (χ3n) is 3.68. The van der Waals surface area contributed by atoms with Crippen LogP contribution in [0.2, 0.25) is 0 Å². The van der Waals surface area contributed by atoms with Gasteiger partial charge in [0.05, 0.1) is 5.69 Å². The molecule has 0 atom stereocenters. The molecule has 0 unspecified atom stereocenters. The van der Waals surface area contributed by atoms with Crippen LogP contribution in [0.5, 0.6) is 0 Å². The minimum absolute atomic E-state index is 0.343. The van der Waals surface area contributed by atoms with Crippen molar-refractivity contribution in [2.75, 3.05) is 0 Å². The summed E-state index contributed by atoms with van der Waals surface area (Å²) in [6.45, 7) is 2.05. The second-order valence-electron chi connectivity index (χ2n) is 5.45. The van der Waals surface area contributed by atoms with Gasteiger partial charge in [0, 0.05) is 5.56 Å². The van der Waals surface area contributed by atoms with Gasteiger partial charge >= 0.3 is 5.97 Å². The second-order valence-corrected chi connectivity index (χ2v) is 6.45. The third kappa shape index (κ3) is 3.66. The minimum atomic E-state index is -0.899. The first-order valence-electron chi connectivity index (χ1n) is 7.47. The molecule has 1 heterocycles. The van der Waals surface area contributed by atoms with E-state index in [0.717, 1.165) is 17.0 Å². The highest BCUT2D eigenvalue weighted by atomic mass is 32.1. The summed E-state index contributed by atoms with van der Waals surface area (Å²) >= 11 is 1.25. The molecule has 0 saturated carbocycles. The molecule has 4 heteroatoms. The van der Waals surface area contributed by atoms with Crippen LogP contribution in [0.25, 0.3) is 10.6 Å². The van der Waals surface area contributed by atoms with Gasteiger partial charge in [0.2, 0.25) is 0 Å². The van der Waals surface area contributed by atoms with Crippen LogP contribution in [-0.4, -0.2) is 16.1 Å². The average Bonchev–Trinajstić information content (AvgIpc) is 3.00. The number of hydrogen-bond acceptors (Lipinski definition) is 3. The summed E-state index contributed by atoms with van der Waals surface area (Å²) in [5.41, 5.74) is 4.05. The number of carboxylic acids is 1. The van der Waals surface area contributed by atoms with E-state index in [0.29, 0.717) is 17.0 Å². The van der Waals surface area contributed by atoms with Crippen LogP contribution in [0.4, 0.5) is 0 Å². The van der Waals surface area contributed by atoms with Gasteiger partial charge in [-0.2, -0.15) is 0 Å². The highest BCUT2D eigenvalue weighted by Crippen LogP contribution is 2.28. The van der Waals surface area contributed by atoms with E-state index in [9.17, 15) is 9.90 Å². The molecule has 1 aromatic heterocycles. The lowest BCUT2D eigenvalue weighted by Gasteiger charge is -2.01. The Morgan fingerprint density at radius 1 is 1.04 bits per heavy atom. The minimum Gasteiger partial charge on any atom is -0.477 e. The zero-order valence-electron chi connectivity index (χ0n) is 12.8. The van der Waals surface area contributed by atoms with Crippen molar-refractivity contribution in [2.24, 2.45) is 0 Å². The summed E-state index contributed by atoms with van der Waals surface area (Å²) in [7, 11) is 0. The number of aromatic nitrogens is 1. The van der Waals surface area contributed by atoms with Crippen LogP contribution in [0.1, 0.15) is 26.5 Å². The first-order chi connectivity index (χ1) is 11.1. The smallest absolute Gasteiger partial charge is 0.347 e. The second kappa shape index (κ2) is 6.75. The molecule has 0 aliphatic rings. The number of hydrogen-bond donors (Lipinski definition) is 1. The molecule has 1 N–H and O–H groups in total. The molecule has 2 aromatic carbocycles. The molecule has 3 nitrogen and oxygen atoms in total. The van der Waals surface area contributed by atoms with Gasteiger partial charge < -0.3 is 5.11 Å². The van der Waals surface area contributed by atoms with Crippen LogP contribution in [0, 0.1) is 6.92 Å². The van der Waals surface area contributed by atoms with E-state index < -0.39 is 5.97 Å². The summed E-state index contributed by atoms with van der Waals surface area (Å²) in [4.78, 5) is 16.4. The van der Waals surface area contributed by atoms with Gasteiger partial charge in [-0.3, -0.25) is 0 Å². The molecule has 116 valence electrons. The predicted octanol–water partition coefficient (Wildman–Crippen LogP) is 4.60. The number of rotatable bonds is 5. The fourth-order valence-corrected chi connectivity index (χ4v) is 3.37. The van der Waals surface area contributed by atoms with Gasteiger partial charge in [0.1, 0.15) is 9.88 Å². The van der Waals surface area contributed by atoms with Gasteiger partial charge in [-0.25, -0.2) is 9.78 Å². The molecule has 0 aliphatic carbocycles. The van der Waals surface area contributed by atoms with Crippen molar-refractivity contribution in [1.82, 2.24) is 4.98 Å². The maximum absolute atomic E-state index is 11.5. The van der Waals surface area contributed by atoms with E-state index in [1.165, 1.54) is 22.5 Å². The zero-order chi connectivity index (χ0) is 16.2. The van der Waals surface area contributed by atoms with Crippen molar-refractivity contribution in [1.29, 1.82) is 0 Å². The van der Waals surface area contributed by atoms with Crippen LogP contribution in [0.3, 0.4) is 0 Å². The van der Waals surface area contributed by atoms with E-state index >= 15 is 0 Å². The highest BCUT2D eigenvalue weighted by Gasteiger charge is 2.17. The molecule has 3 aromatic rings. The van der Waals surface area contributed by atoms with Crippen LogP contribution in [0.15, 0.2) is 54.6 Å². The fourth-order valence-electron chi connectivity index (χ4n) is 2.41. The van der Waals surface area contributed by atoms with Gasteiger partial charge in [0.15, 0.2) is 0 Å². The van der Waals surface area contributed by atoms with Crippen molar-refractivity contribution in [3.63, 3.8) is 0 Å². The van der Waals surface area contributed by atoms with E-state index in [-0.39, 0.29) is 0 Å². The molecule has 0 bridgehead atoms. The predicted molar refractivity (Wildman–Crippen MR) is 93.1 cm³/mol. The monoisotopic (exact) mass is 323 g/mol. The lowest BCUT2D eigenvalue weighted by Crippen LogP contribution is -2.01. The van der Waals surface area contributed by atoms with E-state index in [1.807, 2.05) is 30.3 Å². The van der Waals surface area contributed by atoms with E-state index in [4.69, 9.17) is 0 Å². The molecule has 0 radical (unpaired) electrons. The molecule has 3 rings (SSSR count). The molecule has 0 fully saturated rings. The van der Waals surface area contributed by atoms with Gasteiger partial charge in [-0.05, 0) is 25.3 Å². The van der Waals surface area contributed by atoms with Gasteiger partial charge in [-0.15, -0.1) is 11.3 Å². The quantitative estimate of drug-likeness (QED) is 0.746. The molecular formula is C19H17NO2S. The topological polar surface area (TPSA) is 50.2 Å². The van der Waals surface area contributed by atoms with Crippen molar-refractivity contribution >= 4 is 17.3 Å². The SMILES string of the molecule is Cc1ccc(CCc2nc(-c3ccccc3)sc2C(=O)O)cc1. The number of carboxylic acid groups (broad SMARTS) is 1. The summed E-state index contributed by atoms with van der Waals surface area (Å²) in [5, 5.41) is 10.2. The maximum Gasteiger partial charge on any atom is 0.347 e. The van der Waals surface area contributed by atoms with Crippen LogP contribution in [-0.2, 0) is 12.8 Å². The van der Waals surface area contributed by atoms with Crippen molar-refractivity contribution in [3.8, 4) is 10.6 Å². The van der Waals surface area contributed by atoms with E-state index in [2.05, 4.69) is 36.2 Å². The normalized spacial score (nSPS) is 10.7. The van der Waals surface area contributed by atoms with Crippen LogP contribution < -0.4 is 0 Å². The van der Waals surface area contributed by atoms with Gasteiger partial charge in [0.25, 0.3) is 0 Å². The first-order valence-corrected chi connectivity index (χ1v) is 8.29. The zero-order valence-corrected chi connectivity index (χ0v) is 13.6. The standard InChI is InChI=1S/C19H17NO2S/c1-13-7-9-14(10-8-13)11-12-16-17(19(21)22)23-18(20-16)15-5-3-2-4-6-15/h2-10H,11-12H2,1H3,(H,21,22). The Bertz CT molecular complexity index is 807. The fraction of sp³-hybridized carbons (Fsp3) is 0.158. The Morgan fingerprint density at radius 3 is 2.39 bits per heavy atom. The number of aromatic carboxylic acids is 1. The van der Waals surface area contributed by atoms with Crippen molar-refractivity contribution < 1.29 is 9.90 Å². The number of thiazole rings is 1. The third-order valence-corrected chi connectivity index (χ3v) is 4.82. The van der Waals surface area contributed by atoms with Gasteiger partial charge in [-0.1, -0.05) is 60.2 Å². The van der Waals surface area contributed by atoms with E-state index in [1.54, 1.807) is 0 Å². The number of nitrogens with zero attached hydrogens (tertiary/aromatic N) is 1. The Kier molecular flexibility index (Phi) is 4.53. The average molecular weight is 323 g/mol. The van der Waals surface area contributed by atoms with Crippen molar-refractivity contribution in [2.45, 2.75) is 19.8 Å². The number of benzene rings is 2. The molecule has 0 spiro atoms. The Labute approximate surface area is 139 Å². The largest absolute Gasteiger partial charge is 0.477 e. The van der Waals surface area contributed by atoms with Crippen LogP contribution >= 0.6 is 11.3 Å². The summed E-state index contributed by atoms with van der Waals surface area (Å²) in [6, 6.07) is 18.0. The Hall–Kier alpha value is -2.46. The molecule has 0 aliphatic heterocycles. The Balaban J connectivity index is 1.84. The Morgan fingerprint density at radius 2 is 1.74 bits per heavy atom. The summed E-state index contributed by atoms with van der Waals surface area (Å²) in [6.07, 6.45) is 1.42. The highest BCUT2D eigenvalue weighted by molar-refractivity contribution is 7.17. The lowest BCUT2D eigenvalue weighted by atomic mass is 10.1. The summed E-state index contributed by atoms with van der Waals surface area (Å²) < 4.78 is 0. The summed E-state index contributed by atoms with van der Waals surface area (Å²) in [5.74, 6) is -0.899. The maximum atomic E-state index is 11.5. The lowest BCUT2D eigenvalue weighted by molar-refractivity contribution is 0.0700. The molecule has 23 heavy (non-hydrogen) atoms. The molecule has 0 saturated heterocycles. The number of carbonyl (C=O) groups is 1.